The van der Waals surface area contributed by atoms with Crippen molar-refractivity contribution in [2.75, 3.05) is 13.1 Å². The summed E-state index contributed by atoms with van der Waals surface area (Å²) in [5.74, 6) is 1.47. The van der Waals surface area contributed by atoms with Crippen molar-refractivity contribution < 1.29 is 14.7 Å². The van der Waals surface area contributed by atoms with Gasteiger partial charge < -0.3 is 15.7 Å². The standard InChI is InChI=1S/C11H18N2O3/c1-4-6-7-12-10(16)13-8-11(3,5-2)9(14)15/h1H,5-8H2,2-3H3,(H,14,15)(H2,12,13,16). The summed E-state index contributed by atoms with van der Waals surface area (Å²) in [6.07, 6.45) is 5.93. The Morgan fingerprint density at radius 2 is 2.06 bits per heavy atom. The minimum atomic E-state index is -0.927. The van der Waals surface area contributed by atoms with Crippen LogP contribution < -0.4 is 10.6 Å². The van der Waals surface area contributed by atoms with Gasteiger partial charge in [-0.15, -0.1) is 12.3 Å². The Morgan fingerprint density at radius 1 is 1.44 bits per heavy atom. The van der Waals surface area contributed by atoms with Crippen molar-refractivity contribution >= 4 is 12.0 Å². The summed E-state index contributed by atoms with van der Waals surface area (Å²) in [5.41, 5.74) is -0.927. The van der Waals surface area contributed by atoms with Crippen molar-refractivity contribution in [3.05, 3.63) is 0 Å². The molecule has 0 heterocycles. The third-order valence-corrected chi connectivity index (χ3v) is 2.49. The molecule has 0 saturated carbocycles. The lowest BCUT2D eigenvalue weighted by Crippen LogP contribution is -2.44. The molecule has 90 valence electrons. The minimum Gasteiger partial charge on any atom is -0.481 e. The normalized spacial score (nSPS) is 13.3. The van der Waals surface area contributed by atoms with Crippen molar-refractivity contribution in [1.29, 1.82) is 0 Å². The van der Waals surface area contributed by atoms with E-state index in [9.17, 15) is 9.59 Å². The molecule has 3 N–H and O–H groups in total. The first-order valence-electron chi connectivity index (χ1n) is 5.15. The average Bonchev–Trinajstić information content (AvgIpc) is 2.26. The van der Waals surface area contributed by atoms with E-state index >= 15 is 0 Å². The predicted molar refractivity (Wildman–Crippen MR) is 60.9 cm³/mol. The first kappa shape index (κ1) is 14.3. The number of carboxylic acid groups (broad SMARTS) is 1. The average molecular weight is 226 g/mol. The van der Waals surface area contributed by atoms with Gasteiger partial charge in [-0.05, 0) is 13.3 Å². The second-order valence-electron chi connectivity index (χ2n) is 3.78. The van der Waals surface area contributed by atoms with Gasteiger partial charge in [-0.3, -0.25) is 4.79 Å². The highest BCUT2D eigenvalue weighted by Crippen LogP contribution is 2.19. The number of urea groups is 1. The van der Waals surface area contributed by atoms with E-state index in [4.69, 9.17) is 11.5 Å². The molecule has 0 bridgehead atoms. The Balaban J connectivity index is 3.99. The van der Waals surface area contributed by atoms with Crippen LogP contribution >= 0.6 is 0 Å². The Labute approximate surface area is 95.6 Å². The van der Waals surface area contributed by atoms with Crippen LogP contribution in [0.2, 0.25) is 0 Å². The number of carbonyl (C=O) groups is 2. The van der Waals surface area contributed by atoms with Crippen molar-refractivity contribution in [2.24, 2.45) is 5.41 Å². The Morgan fingerprint density at radius 3 is 2.50 bits per heavy atom. The highest BCUT2D eigenvalue weighted by molar-refractivity contribution is 5.77. The van der Waals surface area contributed by atoms with E-state index in [0.717, 1.165) is 0 Å². The fraction of sp³-hybridized carbons (Fsp3) is 0.636. The zero-order chi connectivity index (χ0) is 12.6. The van der Waals surface area contributed by atoms with E-state index in [1.807, 2.05) is 0 Å². The number of hydrogen-bond acceptors (Lipinski definition) is 2. The van der Waals surface area contributed by atoms with Crippen LogP contribution in [0.15, 0.2) is 0 Å². The highest BCUT2D eigenvalue weighted by Gasteiger charge is 2.31. The molecule has 5 nitrogen and oxygen atoms in total. The van der Waals surface area contributed by atoms with Gasteiger partial charge in [0, 0.05) is 19.5 Å². The maximum absolute atomic E-state index is 11.2. The second-order valence-corrected chi connectivity index (χ2v) is 3.78. The van der Waals surface area contributed by atoms with E-state index in [-0.39, 0.29) is 6.54 Å². The first-order chi connectivity index (χ1) is 7.46. The van der Waals surface area contributed by atoms with E-state index in [2.05, 4.69) is 16.6 Å². The van der Waals surface area contributed by atoms with E-state index in [1.165, 1.54) is 0 Å². The number of aliphatic carboxylic acids is 1. The minimum absolute atomic E-state index is 0.0979. The second kappa shape index (κ2) is 6.72. The van der Waals surface area contributed by atoms with Crippen molar-refractivity contribution in [2.45, 2.75) is 26.7 Å². The molecule has 0 aromatic heterocycles. The van der Waals surface area contributed by atoms with Crippen LogP contribution in [-0.2, 0) is 4.79 Å². The molecule has 16 heavy (non-hydrogen) atoms. The van der Waals surface area contributed by atoms with Crippen LogP contribution in [0.25, 0.3) is 0 Å². The fourth-order valence-electron chi connectivity index (χ4n) is 0.938. The third-order valence-electron chi connectivity index (χ3n) is 2.49. The predicted octanol–water partition coefficient (Wildman–Crippen LogP) is 0.810. The molecule has 0 aromatic rings. The van der Waals surface area contributed by atoms with Gasteiger partial charge >= 0.3 is 12.0 Å². The molecule has 2 amide bonds. The van der Waals surface area contributed by atoms with Crippen LogP contribution in [0.1, 0.15) is 26.7 Å². The van der Waals surface area contributed by atoms with E-state index < -0.39 is 17.4 Å². The monoisotopic (exact) mass is 226 g/mol. The molecule has 0 spiro atoms. The lowest BCUT2D eigenvalue weighted by molar-refractivity contribution is -0.147. The van der Waals surface area contributed by atoms with Crippen molar-refractivity contribution in [3.63, 3.8) is 0 Å². The molecule has 0 aromatic carbocycles. The number of hydrogen-bond donors (Lipinski definition) is 3. The first-order valence-corrected chi connectivity index (χ1v) is 5.15. The molecular weight excluding hydrogens is 208 g/mol. The largest absolute Gasteiger partial charge is 0.481 e. The van der Waals surface area contributed by atoms with Crippen LogP contribution in [-0.4, -0.2) is 30.2 Å². The zero-order valence-electron chi connectivity index (χ0n) is 9.67. The van der Waals surface area contributed by atoms with Crippen LogP contribution in [0.4, 0.5) is 4.79 Å². The van der Waals surface area contributed by atoms with Gasteiger partial charge in [-0.25, -0.2) is 4.79 Å². The SMILES string of the molecule is C#CCCNC(=O)NCC(C)(CC)C(=O)O. The van der Waals surface area contributed by atoms with Crippen molar-refractivity contribution in [1.82, 2.24) is 10.6 Å². The Kier molecular flexibility index (Phi) is 6.01. The molecule has 0 fully saturated rings. The number of nitrogens with one attached hydrogen (secondary N) is 2. The van der Waals surface area contributed by atoms with Gasteiger partial charge in [-0.1, -0.05) is 6.92 Å². The molecule has 0 radical (unpaired) electrons. The summed E-state index contributed by atoms with van der Waals surface area (Å²) < 4.78 is 0. The zero-order valence-corrected chi connectivity index (χ0v) is 9.67. The van der Waals surface area contributed by atoms with Gasteiger partial charge in [0.05, 0.1) is 5.41 Å². The molecule has 0 aliphatic carbocycles. The van der Waals surface area contributed by atoms with Gasteiger partial charge in [0.2, 0.25) is 0 Å². The topological polar surface area (TPSA) is 78.4 Å². The molecule has 1 unspecified atom stereocenters. The Bertz CT molecular complexity index is 296. The van der Waals surface area contributed by atoms with Crippen LogP contribution in [0.5, 0.6) is 0 Å². The summed E-state index contributed by atoms with van der Waals surface area (Å²) in [7, 11) is 0. The third kappa shape index (κ3) is 4.69. The lowest BCUT2D eigenvalue weighted by atomic mass is 9.88. The van der Waals surface area contributed by atoms with Gasteiger partial charge in [0.1, 0.15) is 0 Å². The van der Waals surface area contributed by atoms with Crippen LogP contribution in [0.3, 0.4) is 0 Å². The lowest BCUT2D eigenvalue weighted by Gasteiger charge is -2.23. The molecule has 0 rings (SSSR count). The Hall–Kier alpha value is -1.70. The smallest absolute Gasteiger partial charge is 0.314 e. The number of terminal acetylenes is 1. The van der Waals surface area contributed by atoms with Gasteiger partial charge in [0.25, 0.3) is 0 Å². The quantitative estimate of drug-likeness (QED) is 0.463. The molecule has 0 aliphatic heterocycles. The number of carboxylic acids is 1. The maximum atomic E-state index is 11.2. The summed E-state index contributed by atoms with van der Waals surface area (Å²) in [6.45, 7) is 3.85. The molecule has 1 atom stereocenters. The van der Waals surface area contributed by atoms with E-state index in [0.29, 0.717) is 19.4 Å². The van der Waals surface area contributed by atoms with Crippen molar-refractivity contribution in [3.8, 4) is 12.3 Å². The summed E-state index contributed by atoms with van der Waals surface area (Å²) in [5, 5.41) is 14.0. The van der Waals surface area contributed by atoms with Gasteiger partial charge in [0.15, 0.2) is 0 Å². The molecular formula is C11H18N2O3. The number of rotatable bonds is 6. The van der Waals surface area contributed by atoms with Crippen LogP contribution in [0, 0.1) is 17.8 Å². The summed E-state index contributed by atoms with van der Waals surface area (Å²) >= 11 is 0. The number of amides is 2. The number of carbonyl (C=O) groups excluding carboxylic acids is 1. The molecule has 0 saturated heterocycles. The maximum Gasteiger partial charge on any atom is 0.314 e. The molecule has 5 heteroatoms. The van der Waals surface area contributed by atoms with Gasteiger partial charge in [-0.2, -0.15) is 0 Å². The summed E-state index contributed by atoms with van der Waals surface area (Å²) in [6, 6.07) is -0.392. The van der Waals surface area contributed by atoms with E-state index in [1.54, 1.807) is 13.8 Å². The molecule has 0 aliphatic rings. The highest BCUT2D eigenvalue weighted by atomic mass is 16.4. The summed E-state index contributed by atoms with van der Waals surface area (Å²) in [4.78, 5) is 22.1. The fourth-order valence-corrected chi connectivity index (χ4v) is 0.938.